The van der Waals surface area contributed by atoms with Crippen molar-refractivity contribution in [1.82, 2.24) is 0 Å². The average molecular weight is 344 g/mol. The van der Waals surface area contributed by atoms with Crippen molar-refractivity contribution in [3.8, 4) is 0 Å². The van der Waals surface area contributed by atoms with E-state index in [9.17, 15) is 9.59 Å². The highest BCUT2D eigenvalue weighted by Crippen LogP contribution is 2.32. The molecule has 2 aliphatic rings. The number of aldehydes is 1. The van der Waals surface area contributed by atoms with Crippen molar-refractivity contribution in [3.05, 3.63) is 39.5 Å². The van der Waals surface area contributed by atoms with Gasteiger partial charge >= 0.3 is 0 Å². The number of hydrogen-bond donors (Lipinski definition) is 0. The summed E-state index contributed by atoms with van der Waals surface area (Å²) in [5, 5.41) is 1.70. The van der Waals surface area contributed by atoms with Gasteiger partial charge in [-0.15, -0.1) is 11.6 Å². The zero-order valence-electron chi connectivity index (χ0n) is 10.6. The Morgan fingerprint density at radius 2 is 2.19 bits per heavy atom. The third-order valence-corrected chi connectivity index (χ3v) is 4.83. The van der Waals surface area contributed by atoms with Crippen LogP contribution in [-0.4, -0.2) is 23.1 Å². The Labute approximate surface area is 135 Å². The van der Waals surface area contributed by atoms with E-state index in [1.807, 2.05) is 0 Å². The number of benzene rings is 1. The molecule has 7 heteroatoms. The molecule has 2 aliphatic heterocycles. The highest BCUT2D eigenvalue weighted by molar-refractivity contribution is 6.38. The van der Waals surface area contributed by atoms with Crippen LogP contribution < -0.4 is 15.5 Å². The van der Waals surface area contributed by atoms with Crippen LogP contribution in [0.3, 0.4) is 0 Å². The molecule has 108 valence electrons. The summed E-state index contributed by atoms with van der Waals surface area (Å²) in [7, 11) is 0. The topological polar surface area (TPSA) is 49.7 Å². The Morgan fingerprint density at radius 1 is 1.43 bits per heavy atom. The van der Waals surface area contributed by atoms with Gasteiger partial charge in [0, 0.05) is 17.8 Å². The fourth-order valence-corrected chi connectivity index (χ4v) is 3.25. The maximum Gasteiger partial charge on any atom is 0.218 e. The highest BCUT2D eigenvalue weighted by atomic mass is 35.5. The van der Waals surface area contributed by atoms with Crippen molar-refractivity contribution in [1.29, 1.82) is 0 Å². The summed E-state index contributed by atoms with van der Waals surface area (Å²) < 4.78 is 0. The van der Waals surface area contributed by atoms with Crippen LogP contribution in [0.25, 0.3) is 6.08 Å². The van der Waals surface area contributed by atoms with E-state index in [2.05, 4.69) is 4.99 Å². The van der Waals surface area contributed by atoms with Crippen LogP contribution in [-0.2, 0) is 16.0 Å². The quantitative estimate of drug-likeness (QED) is 0.464. The normalized spacial score (nSPS) is 26.2. The van der Waals surface area contributed by atoms with Crippen molar-refractivity contribution in [2.24, 2.45) is 4.99 Å². The molecule has 0 N–H and O–H groups in total. The molecule has 1 amide bonds. The molecule has 0 aromatic heterocycles. The van der Waals surface area contributed by atoms with Crippen LogP contribution in [0, 0.1) is 0 Å². The molecule has 0 saturated heterocycles. The molecule has 0 spiro atoms. The predicted octanol–water partition coefficient (Wildman–Crippen LogP) is 1.53. The lowest BCUT2D eigenvalue weighted by atomic mass is 9.94. The molecule has 0 fully saturated rings. The number of alkyl halides is 2. The van der Waals surface area contributed by atoms with Crippen LogP contribution in [0.15, 0.2) is 23.3 Å². The molecular formula is C14H9Cl3N2O2. The highest BCUT2D eigenvalue weighted by Gasteiger charge is 2.39. The van der Waals surface area contributed by atoms with E-state index >= 15 is 0 Å². The van der Waals surface area contributed by atoms with Crippen LogP contribution in [0.5, 0.6) is 0 Å². The second-order valence-corrected chi connectivity index (χ2v) is 6.36. The van der Waals surface area contributed by atoms with Crippen LogP contribution in [0.4, 0.5) is 5.69 Å². The Balaban J connectivity index is 2.34. The molecule has 0 saturated carbocycles. The van der Waals surface area contributed by atoms with Crippen LogP contribution >= 0.6 is 34.8 Å². The summed E-state index contributed by atoms with van der Waals surface area (Å²) in [6.45, 7) is 0. The second-order valence-electron chi connectivity index (χ2n) is 4.84. The third-order valence-electron chi connectivity index (χ3n) is 3.52. The lowest BCUT2D eigenvalue weighted by molar-refractivity contribution is -0.110. The summed E-state index contributed by atoms with van der Waals surface area (Å²) in [4.78, 5) is 26.8. The molecule has 2 heterocycles. The Hall–Kier alpha value is -1.36. The Morgan fingerprint density at radius 3 is 2.86 bits per heavy atom. The van der Waals surface area contributed by atoms with Crippen molar-refractivity contribution < 1.29 is 9.59 Å². The Bertz CT molecular complexity index is 790. The van der Waals surface area contributed by atoms with Gasteiger partial charge in [0.15, 0.2) is 5.50 Å². The third kappa shape index (κ3) is 2.18. The molecule has 0 radical (unpaired) electrons. The van der Waals surface area contributed by atoms with Gasteiger partial charge in [-0.05, 0) is 23.8 Å². The fourth-order valence-electron chi connectivity index (χ4n) is 2.50. The number of hydrogen-bond acceptors (Lipinski definition) is 3. The number of fused-ring (bicyclic) bond motifs is 3. The van der Waals surface area contributed by atoms with Crippen molar-refractivity contribution in [3.63, 3.8) is 0 Å². The van der Waals surface area contributed by atoms with Crippen molar-refractivity contribution >= 4 is 59.3 Å². The monoisotopic (exact) mass is 342 g/mol. The summed E-state index contributed by atoms with van der Waals surface area (Å²) >= 11 is 18.6. The number of halogens is 3. The van der Waals surface area contributed by atoms with Gasteiger partial charge in [-0.2, -0.15) is 0 Å². The minimum absolute atomic E-state index is 0.233. The number of rotatable bonds is 2. The first-order chi connectivity index (χ1) is 10.00. The van der Waals surface area contributed by atoms with Gasteiger partial charge in [0.05, 0.1) is 16.1 Å². The molecule has 1 aromatic rings. The van der Waals surface area contributed by atoms with Gasteiger partial charge in [0.2, 0.25) is 6.41 Å². The minimum Gasteiger partial charge on any atom is -0.301 e. The number of amides is 1. The number of carbonyl (C=O) groups is 2. The van der Waals surface area contributed by atoms with Gasteiger partial charge in [-0.3, -0.25) is 14.7 Å². The predicted molar refractivity (Wildman–Crippen MR) is 82.4 cm³/mol. The van der Waals surface area contributed by atoms with Crippen LogP contribution in [0.2, 0.25) is 5.02 Å². The van der Waals surface area contributed by atoms with E-state index in [0.717, 1.165) is 5.56 Å². The number of nitrogens with zero attached hydrogens (tertiary/aromatic N) is 2. The largest absolute Gasteiger partial charge is 0.301 e. The van der Waals surface area contributed by atoms with Gasteiger partial charge in [-0.25, -0.2) is 0 Å². The van der Waals surface area contributed by atoms with Gasteiger partial charge in [-0.1, -0.05) is 23.2 Å². The lowest BCUT2D eigenvalue weighted by Crippen LogP contribution is -2.47. The number of carbonyl (C=O) groups excluding carboxylic acids is 2. The molecule has 2 atom stereocenters. The van der Waals surface area contributed by atoms with E-state index < -0.39 is 10.4 Å². The summed E-state index contributed by atoms with van der Waals surface area (Å²) in [5.41, 5.74) is 0.405. The summed E-state index contributed by atoms with van der Waals surface area (Å²) in [5.74, 6) is 0. The van der Waals surface area contributed by atoms with Gasteiger partial charge < -0.3 is 4.79 Å². The molecule has 3 rings (SSSR count). The number of allylic oxidation sites excluding steroid dienone is 1. The number of anilines is 1. The van der Waals surface area contributed by atoms with E-state index in [-0.39, 0.29) is 6.42 Å². The maximum absolute atomic E-state index is 11.2. The molecule has 0 bridgehead atoms. The van der Waals surface area contributed by atoms with Gasteiger partial charge in [0.25, 0.3) is 0 Å². The minimum atomic E-state index is -1.28. The van der Waals surface area contributed by atoms with Gasteiger partial charge in [0.1, 0.15) is 11.2 Å². The molecule has 2 unspecified atom stereocenters. The molecule has 1 aromatic carbocycles. The smallest absolute Gasteiger partial charge is 0.218 e. The van der Waals surface area contributed by atoms with E-state index in [1.54, 1.807) is 24.4 Å². The average Bonchev–Trinajstić information content (AvgIpc) is 2.49. The first-order valence-corrected chi connectivity index (χ1v) is 7.30. The summed E-state index contributed by atoms with van der Waals surface area (Å²) in [6, 6.07) is 1.67. The molecular weight excluding hydrogens is 335 g/mol. The second kappa shape index (κ2) is 5.13. The van der Waals surface area contributed by atoms with Crippen LogP contribution in [0.1, 0.15) is 5.56 Å². The maximum atomic E-state index is 11.2. The van der Waals surface area contributed by atoms with Crippen molar-refractivity contribution in [2.75, 3.05) is 4.90 Å². The fraction of sp³-hybridized carbons (Fsp3) is 0.214. The zero-order valence-corrected chi connectivity index (χ0v) is 12.9. The SMILES string of the molecule is O=CN1C=CC=c2c1c(Cl)cc1c2=NC(Cl)C(Cl)(C=O)C1. The first kappa shape index (κ1) is 14.6. The Kier molecular flexibility index (Phi) is 3.56. The molecule has 4 nitrogen and oxygen atoms in total. The molecule has 21 heavy (non-hydrogen) atoms. The first-order valence-electron chi connectivity index (χ1n) is 6.11. The zero-order chi connectivity index (χ0) is 15.2. The lowest BCUT2D eigenvalue weighted by Gasteiger charge is -2.29. The standard InChI is InChI=1S/C14H9Cl3N2O2/c15-10-4-8-5-14(17,6-20)13(16)18-11(8)9-2-1-3-19(7-21)12(9)10/h1-4,6-7,13H,5H2. The molecule has 0 aliphatic carbocycles. The van der Waals surface area contributed by atoms with Crippen molar-refractivity contribution in [2.45, 2.75) is 16.8 Å². The van der Waals surface area contributed by atoms with E-state index in [4.69, 9.17) is 34.8 Å². The van der Waals surface area contributed by atoms with E-state index in [1.165, 1.54) is 4.90 Å². The summed E-state index contributed by atoms with van der Waals surface area (Å²) in [6.07, 6.45) is 6.62. The van der Waals surface area contributed by atoms with E-state index in [0.29, 0.717) is 34.0 Å².